The lowest BCUT2D eigenvalue weighted by Gasteiger charge is -2.30. The smallest absolute Gasteiger partial charge is 0.265 e. The van der Waals surface area contributed by atoms with E-state index in [2.05, 4.69) is 17.4 Å². The third kappa shape index (κ3) is 4.48. The molecule has 2 aromatic carbocycles. The first-order chi connectivity index (χ1) is 13.1. The Morgan fingerprint density at radius 1 is 1.15 bits per heavy atom. The van der Waals surface area contributed by atoms with Crippen molar-refractivity contribution in [2.24, 2.45) is 5.92 Å². The Morgan fingerprint density at radius 2 is 1.89 bits per heavy atom. The van der Waals surface area contributed by atoms with Crippen LogP contribution in [-0.2, 0) is 16.0 Å². The van der Waals surface area contributed by atoms with Crippen molar-refractivity contribution in [3.8, 4) is 5.75 Å². The number of ether oxygens (including phenoxy) is 1. The first-order valence-electron chi connectivity index (χ1n) is 9.54. The second kappa shape index (κ2) is 8.71. The molecule has 0 fully saturated rings. The lowest BCUT2D eigenvalue weighted by atomic mass is 10.0. The zero-order chi connectivity index (χ0) is 19.2. The van der Waals surface area contributed by atoms with Gasteiger partial charge in [-0.2, -0.15) is 0 Å². The van der Waals surface area contributed by atoms with Crippen LogP contribution < -0.4 is 15.0 Å². The highest BCUT2D eigenvalue weighted by molar-refractivity contribution is 5.99. The van der Waals surface area contributed by atoms with E-state index < -0.39 is 0 Å². The molecule has 5 nitrogen and oxygen atoms in total. The monoisotopic (exact) mass is 366 g/mol. The summed E-state index contributed by atoms with van der Waals surface area (Å²) in [5.74, 6) is 0.608. The van der Waals surface area contributed by atoms with Gasteiger partial charge >= 0.3 is 0 Å². The molecule has 2 aromatic rings. The number of hydrogen-bond acceptors (Lipinski definition) is 3. The molecule has 5 heteroatoms. The van der Waals surface area contributed by atoms with E-state index in [1.807, 2.05) is 50.2 Å². The second-order valence-corrected chi connectivity index (χ2v) is 6.75. The van der Waals surface area contributed by atoms with Gasteiger partial charge in [-0.3, -0.25) is 9.59 Å². The molecule has 0 bridgehead atoms. The number of amides is 2. The predicted molar refractivity (Wildman–Crippen MR) is 107 cm³/mol. The van der Waals surface area contributed by atoms with Crippen molar-refractivity contribution < 1.29 is 14.3 Å². The molecule has 1 N–H and O–H groups in total. The van der Waals surface area contributed by atoms with E-state index in [1.165, 1.54) is 5.56 Å². The maximum absolute atomic E-state index is 12.4. The standard InChI is InChI=1S/C22H26N2O3/c1-3-17(4-2)22(26)23-18-10-11-20-19(14-18)24(21(25)15-27-20)13-12-16-8-6-5-7-9-16/h5-11,14,17H,3-4,12-13,15H2,1-2H3,(H,23,26). The van der Waals surface area contributed by atoms with Crippen LogP contribution in [-0.4, -0.2) is 25.0 Å². The summed E-state index contributed by atoms with van der Waals surface area (Å²) in [6.07, 6.45) is 2.37. The van der Waals surface area contributed by atoms with E-state index in [4.69, 9.17) is 4.74 Å². The first kappa shape index (κ1) is 19.0. The molecule has 142 valence electrons. The van der Waals surface area contributed by atoms with Crippen molar-refractivity contribution in [2.75, 3.05) is 23.4 Å². The van der Waals surface area contributed by atoms with Gasteiger partial charge in [0.25, 0.3) is 5.91 Å². The molecular weight excluding hydrogens is 340 g/mol. The van der Waals surface area contributed by atoms with Crippen molar-refractivity contribution in [1.82, 2.24) is 0 Å². The predicted octanol–water partition coefficient (Wildman–Crippen LogP) is 4.03. The molecule has 0 aliphatic carbocycles. The van der Waals surface area contributed by atoms with E-state index in [0.29, 0.717) is 23.7 Å². The topological polar surface area (TPSA) is 58.6 Å². The van der Waals surface area contributed by atoms with Gasteiger partial charge in [-0.1, -0.05) is 44.2 Å². The summed E-state index contributed by atoms with van der Waals surface area (Å²) in [6, 6.07) is 15.6. The molecule has 2 amide bonds. The average molecular weight is 366 g/mol. The van der Waals surface area contributed by atoms with Crippen LogP contribution in [0.1, 0.15) is 32.3 Å². The van der Waals surface area contributed by atoms with Gasteiger partial charge in [0, 0.05) is 18.2 Å². The Balaban J connectivity index is 1.78. The number of carbonyl (C=O) groups is 2. The Morgan fingerprint density at radius 3 is 2.59 bits per heavy atom. The fraction of sp³-hybridized carbons (Fsp3) is 0.364. The average Bonchev–Trinajstić information content (AvgIpc) is 2.69. The molecule has 1 aliphatic heterocycles. The van der Waals surface area contributed by atoms with Gasteiger partial charge in [0.05, 0.1) is 5.69 Å². The van der Waals surface area contributed by atoms with Crippen LogP contribution in [0.3, 0.4) is 0 Å². The molecule has 0 spiro atoms. The van der Waals surface area contributed by atoms with E-state index in [1.54, 1.807) is 4.90 Å². The van der Waals surface area contributed by atoms with Crippen molar-refractivity contribution in [3.63, 3.8) is 0 Å². The van der Waals surface area contributed by atoms with E-state index >= 15 is 0 Å². The number of anilines is 2. The Hall–Kier alpha value is -2.82. The Kier molecular flexibility index (Phi) is 6.12. The third-order valence-corrected chi connectivity index (χ3v) is 4.99. The van der Waals surface area contributed by atoms with E-state index in [-0.39, 0.29) is 24.3 Å². The summed E-state index contributed by atoms with van der Waals surface area (Å²) in [6.45, 7) is 4.64. The van der Waals surface area contributed by atoms with E-state index in [9.17, 15) is 9.59 Å². The van der Waals surface area contributed by atoms with Crippen molar-refractivity contribution in [2.45, 2.75) is 33.1 Å². The largest absolute Gasteiger partial charge is 0.482 e. The highest BCUT2D eigenvalue weighted by Gasteiger charge is 2.26. The quantitative estimate of drug-likeness (QED) is 0.805. The molecule has 0 saturated heterocycles. The molecule has 0 radical (unpaired) electrons. The number of rotatable bonds is 7. The van der Waals surface area contributed by atoms with Crippen LogP contribution in [0.5, 0.6) is 5.75 Å². The maximum Gasteiger partial charge on any atom is 0.265 e. The lowest BCUT2D eigenvalue weighted by Crippen LogP contribution is -2.40. The number of hydrogen-bond donors (Lipinski definition) is 1. The molecule has 3 rings (SSSR count). The van der Waals surface area contributed by atoms with Crippen LogP contribution in [0.15, 0.2) is 48.5 Å². The molecule has 27 heavy (non-hydrogen) atoms. The number of carbonyl (C=O) groups excluding carboxylic acids is 2. The first-order valence-corrected chi connectivity index (χ1v) is 9.54. The maximum atomic E-state index is 12.4. The van der Waals surface area contributed by atoms with Crippen molar-refractivity contribution in [3.05, 3.63) is 54.1 Å². The third-order valence-electron chi connectivity index (χ3n) is 4.99. The summed E-state index contributed by atoms with van der Waals surface area (Å²) in [5, 5.41) is 2.97. The highest BCUT2D eigenvalue weighted by Crippen LogP contribution is 2.35. The lowest BCUT2D eigenvalue weighted by molar-refractivity contribution is -0.121. The van der Waals surface area contributed by atoms with Crippen molar-refractivity contribution in [1.29, 1.82) is 0 Å². The van der Waals surface area contributed by atoms with Gasteiger partial charge in [-0.15, -0.1) is 0 Å². The van der Waals surface area contributed by atoms with Gasteiger partial charge in [-0.05, 0) is 43.0 Å². The molecular formula is C22H26N2O3. The molecule has 0 unspecified atom stereocenters. The highest BCUT2D eigenvalue weighted by atomic mass is 16.5. The van der Waals surface area contributed by atoms with Gasteiger partial charge in [0.2, 0.25) is 5.91 Å². The number of nitrogens with one attached hydrogen (secondary N) is 1. The van der Waals surface area contributed by atoms with Crippen LogP contribution in [0.4, 0.5) is 11.4 Å². The summed E-state index contributed by atoms with van der Waals surface area (Å²) in [4.78, 5) is 26.6. The second-order valence-electron chi connectivity index (χ2n) is 6.75. The number of fused-ring (bicyclic) bond motifs is 1. The number of benzene rings is 2. The Bertz CT molecular complexity index is 800. The van der Waals surface area contributed by atoms with Gasteiger partial charge in [0.1, 0.15) is 5.75 Å². The summed E-state index contributed by atoms with van der Waals surface area (Å²) in [5.41, 5.74) is 2.58. The number of nitrogens with zero attached hydrogens (tertiary/aromatic N) is 1. The SMILES string of the molecule is CCC(CC)C(=O)Nc1ccc2c(c1)N(CCc1ccccc1)C(=O)CO2. The zero-order valence-electron chi connectivity index (χ0n) is 15.9. The normalized spacial score (nSPS) is 13.3. The summed E-state index contributed by atoms with van der Waals surface area (Å²) >= 11 is 0. The van der Waals surface area contributed by atoms with Crippen LogP contribution in [0, 0.1) is 5.92 Å². The minimum absolute atomic E-state index is 0.00639. The zero-order valence-corrected chi connectivity index (χ0v) is 15.9. The Labute approximate surface area is 160 Å². The molecule has 0 aromatic heterocycles. The molecule has 0 atom stereocenters. The van der Waals surface area contributed by atoms with Crippen molar-refractivity contribution >= 4 is 23.2 Å². The van der Waals surface area contributed by atoms with E-state index in [0.717, 1.165) is 19.3 Å². The van der Waals surface area contributed by atoms with Crippen LogP contribution >= 0.6 is 0 Å². The molecule has 0 saturated carbocycles. The molecule has 1 aliphatic rings. The summed E-state index contributed by atoms with van der Waals surface area (Å²) < 4.78 is 5.56. The fourth-order valence-corrected chi connectivity index (χ4v) is 3.31. The minimum Gasteiger partial charge on any atom is -0.482 e. The molecule has 1 heterocycles. The van der Waals surface area contributed by atoms with Gasteiger partial charge < -0.3 is 15.0 Å². The van der Waals surface area contributed by atoms with Gasteiger partial charge in [-0.25, -0.2) is 0 Å². The fourth-order valence-electron chi connectivity index (χ4n) is 3.31. The van der Waals surface area contributed by atoms with Gasteiger partial charge in [0.15, 0.2) is 6.61 Å². The van der Waals surface area contributed by atoms with Crippen LogP contribution in [0.2, 0.25) is 0 Å². The minimum atomic E-state index is -0.0677. The summed E-state index contributed by atoms with van der Waals surface area (Å²) in [7, 11) is 0. The van der Waals surface area contributed by atoms with Crippen LogP contribution in [0.25, 0.3) is 0 Å².